The maximum Gasteiger partial charge on any atom is 1.00 e. The van der Waals surface area contributed by atoms with E-state index in [0.29, 0.717) is 0 Å². The summed E-state index contributed by atoms with van der Waals surface area (Å²) < 4.78 is 0. The molecule has 0 unspecified atom stereocenters. The second-order valence-electron chi connectivity index (χ2n) is 1.97. The quantitative estimate of drug-likeness (QED) is 0.379. The summed E-state index contributed by atoms with van der Waals surface area (Å²) >= 11 is 0. The standard InChI is InChI=1S/4C2H4O2.3ClH2.Na/c4*1-2(3)4;;;;/h4*1H3,(H,3,4);3*1H2;/q;;;;4*+1/p-4. The second-order valence-corrected chi connectivity index (χ2v) is 1.97. The van der Waals surface area contributed by atoms with E-state index in [1.165, 1.54) is 0 Å². The molecule has 20 heavy (non-hydrogen) atoms. The Morgan fingerprint density at radius 1 is 0.500 bits per heavy atom. The summed E-state index contributed by atoms with van der Waals surface area (Å²) in [6.45, 7) is 3.89. The van der Waals surface area contributed by atoms with Crippen LogP contribution in [0.15, 0.2) is 0 Å². The normalized spacial score (nSPS) is 5.00. The summed E-state index contributed by atoms with van der Waals surface area (Å²) in [7, 11) is 0. The molecule has 12 heteroatoms. The molecule has 0 N–H and O–H groups in total. The molecule has 0 aliphatic carbocycles. The minimum atomic E-state index is -1.08. The fraction of sp³-hybridized carbons (Fsp3) is 0.500. The van der Waals surface area contributed by atoms with Crippen LogP contribution in [0.1, 0.15) is 27.7 Å². The number of aliphatic carboxylic acids is 4. The first kappa shape index (κ1) is 50.3. The molecule has 0 amide bonds. The fourth-order valence-corrected chi connectivity index (χ4v) is 0. The van der Waals surface area contributed by atoms with Crippen LogP contribution in [0.5, 0.6) is 0 Å². The molecule has 0 heterocycles. The molecule has 0 aromatic rings. The van der Waals surface area contributed by atoms with Gasteiger partial charge in [0.1, 0.15) is 0 Å². The molecule has 0 aliphatic heterocycles. The van der Waals surface area contributed by atoms with E-state index in [0.717, 1.165) is 27.7 Å². The van der Waals surface area contributed by atoms with Crippen molar-refractivity contribution in [3.05, 3.63) is 0 Å². The Kier molecular flexibility index (Phi) is 108. The van der Waals surface area contributed by atoms with E-state index in [4.69, 9.17) is 39.6 Å². The average Bonchev–Trinajstić information content (AvgIpc) is 1.76. The number of carbonyl (C=O) groups is 4. The molecule has 0 atom stereocenters. The first-order chi connectivity index (χ1) is 6.93. The first-order valence-electron chi connectivity index (χ1n) is 3.63. The first-order valence-corrected chi connectivity index (χ1v) is 3.63. The van der Waals surface area contributed by atoms with Gasteiger partial charge in [-0.05, 0) is 27.7 Å². The van der Waals surface area contributed by atoms with E-state index in [1.807, 2.05) is 0 Å². The summed E-state index contributed by atoms with van der Waals surface area (Å²) in [4.78, 5) is 35.6. The number of hydrogen-bond acceptors (Lipinski definition) is 8. The average molecular weight is 372 g/mol. The van der Waals surface area contributed by atoms with E-state index in [-0.39, 0.29) is 66.8 Å². The molecule has 8 nitrogen and oxygen atoms in total. The SMILES string of the molecule is CC(=O)[O-].CC(=O)[O-].CC(=O)[O-].CC(=O)[O-].[ClH2+].[ClH2+].[ClH2+].[Na+]. The number of carbonyl (C=O) groups excluding carboxylic acids is 4. The number of halogens is 3. The fourth-order valence-electron chi connectivity index (χ4n) is 0. The topological polar surface area (TPSA) is 161 Å². The van der Waals surface area contributed by atoms with Crippen LogP contribution in [0.25, 0.3) is 0 Å². The summed E-state index contributed by atoms with van der Waals surface area (Å²) in [6.07, 6.45) is 0. The zero-order valence-corrected chi connectivity index (χ0v) is 16.3. The van der Waals surface area contributed by atoms with Crippen LogP contribution < -0.4 is 50.0 Å². The largest absolute Gasteiger partial charge is 1.00 e. The van der Waals surface area contributed by atoms with Crippen LogP contribution in [-0.2, 0) is 19.2 Å². The van der Waals surface area contributed by atoms with E-state index in [9.17, 15) is 0 Å². The molecule has 120 valence electrons. The molecular weight excluding hydrogens is 353 g/mol. The predicted molar refractivity (Wildman–Crippen MR) is 51.1 cm³/mol. The van der Waals surface area contributed by atoms with Crippen molar-refractivity contribution in [2.75, 3.05) is 0 Å². The Balaban J connectivity index is -0.0000000150. The van der Waals surface area contributed by atoms with E-state index < -0.39 is 23.9 Å². The zero-order valence-electron chi connectivity index (χ0n) is 11.6. The van der Waals surface area contributed by atoms with E-state index in [1.54, 1.807) is 0 Å². The summed E-state index contributed by atoms with van der Waals surface area (Å²) in [5, 5.41) is 35.6. The monoisotopic (exact) mass is 370 g/mol. The van der Waals surface area contributed by atoms with Gasteiger partial charge in [-0.25, -0.2) is 0 Å². The maximum atomic E-state index is 8.89. The van der Waals surface area contributed by atoms with Gasteiger partial charge in [-0.2, -0.15) is 0 Å². The van der Waals surface area contributed by atoms with Crippen molar-refractivity contribution in [2.24, 2.45) is 0 Å². The number of carboxylic acids is 4. The van der Waals surface area contributed by atoms with Gasteiger partial charge in [0.2, 0.25) is 0 Å². The maximum absolute atomic E-state index is 8.89. The Morgan fingerprint density at radius 2 is 0.500 bits per heavy atom. The number of rotatable bonds is 0. The van der Waals surface area contributed by atoms with Crippen LogP contribution in [0.4, 0.5) is 0 Å². The van der Waals surface area contributed by atoms with Gasteiger partial charge in [0.15, 0.2) is 0 Å². The second kappa shape index (κ2) is 42.8. The van der Waals surface area contributed by atoms with Gasteiger partial charge in [0.05, 0.1) is 37.2 Å². The third kappa shape index (κ3) is 79700. The van der Waals surface area contributed by atoms with Gasteiger partial charge >= 0.3 is 29.6 Å². The van der Waals surface area contributed by atoms with Crippen molar-refractivity contribution in [3.8, 4) is 0 Å². The van der Waals surface area contributed by atoms with E-state index >= 15 is 0 Å². The molecular formula is C8H18Cl3NaO8. The van der Waals surface area contributed by atoms with Gasteiger partial charge in [-0.15, -0.1) is 0 Å². The van der Waals surface area contributed by atoms with Crippen molar-refractivity contribution >= 4 is 23.9 Å². The Hall–Kier alpha value is -0.250. The summed E-state index contributed by atoms with van der Waals surface area (Å²) in [6, 6.07) is 0. The molecule has 0 aromatic carbocycles. The molecule has 0 spiro atoms. The molecule has 0 aliphatic rings. The third-order valence-electron chi connectivity index (χ3n) is 0. The number of hydrogen-bond donors (Lipinski definition) is 0. The van der Waals surface area contributed by atoms with Crippen LogP contribution in [-0.4, -0.2) is 23.9 Å². The minimum Gasteiger partial charge on any atom is -0.550 e. The molecule has 0 saturated carbocycles. The molecule has 0 bridgehead atoms. The summed E-state index contributed by atoms with van der Waals surface area (Å²) in [5.74, 6) is -4.33. The van der Waals surface area contributed by atoms with Gasteiger partial charge in [0.25, 0.3) is 0 Å². The van der Waals surface area contributed by atoms with Crippen LogP contribution in [0.2, 0.25) is 0 Å². The van der Waals surface area contributed by atoms with Crippen molar-refractivity contribution in [3.63, 3.8) is 0 Å². The minimum absolute atomic E-state index is 0. The molecule has 0 rings (SSSR count). The van der Waals surface area contributed by atoms with Crippen LogP contribution >= 0.6 is 0 Å². The van der Waals surface area contributed by atoms with Gasteiger partial charge in [-0.1, -0.05) is 0 Å². The summed E-state index contributed by atoms with van der Waals surface area (Å²) in [5.41, 5.74) is 0. The Labute approximate surface area is 157 Å². The van der Waals surface area contributed by atoms with Crippen LogP contribution in [0, 0.1) is 37.2 Å². The van der Waals surface area contributed by atoms with E-state index in [2.05, 4.69) is 0 Å². The van der Waals surface area contributed by atoms with Crippen molar-refractivity contribution in [1.82, 2.24) is 0 Å². The van der Waals surface area contributed by atoms with Crippen molar-refractivity contribution in [2.45, 2.75) is 27.7 Å². The Morgan fingerprint density at radius 3 is 0.500 bits per heavy atom. The van der Waals surface area contributed by atoms with Crippen molar-refractivity contribution < 1.29 is 106 Å². The predicted octanol–water partition coefficient (Wildman–Crippen LogP) is -9.58. The van der Waals surface area contributed by atoms with Crippen molar-refractivity contribution in [1.29, 1.82) is 0 Å². The smallest absolute Gasteiger partial charge is 0.550 e. The molecule has 0 saturated heterocycles. The van der Waals surface area contributed by atoms with Gasteiger partial charge in [-0.3, -0.25) is 0 Å². The molecule has 0 fully saturated rings. The molecule has 0 aromatic heterocycles. The van der Waals surface area contributed by atoms with Gasteiger partial charge < -0.3 is 39.6 Å². The third-order valence-corrected chi connectivity index (χ3v) is 0. The molecule has 0 radical (unpaired) electrons. The zero-order chi connectivity index (χ0) is 14.3. The van der Waals surface area contributed by atoms with Crippen LogP contribution in [0.3, 0.4) is 0 Å². The number of carboxylic acid groups (broad SMARTS) is 4. The Bertz CT molecular complexity index is 174. The van der Waals surface area contributed by atoms with Gasteiger partial charge in [0, 0.05) is 23.9 Å².